The summed E-state index contributed by atoms with van der Waals surface area (Å²) in [5.74, 6) is -0.902. The van der Waals surface area contributed by atoms with Gasteiger partial charge in [-0.15, -0.1) is 0 Å². The van der Waals surface area contributed by atoms with Crippen LogP contribution in [-0.2, 0) is 28.6 Å². The minimum atomic E-state index is -0.781. The minimum Gasteiger partial charge on any atom is -0.462 e. The fourth-order valence-electron chi connectivity index (χ4n) is 8.22. The summed E-state index contributed by atoms with van der Waals surface area (Å²) in [5.41, 5.74) is 0. The van der Waals surface area contributed by atoms with Crippen molar-refractivity contribution in [2.75, 3.05) is 13.2 Å². The summed E-state index contributed by atoms with van der Waals surface area (Å²) >= 11 is 0. The molecule has 0 aliphatic rings. The van der Waals surface area contributed by atoms with Gasteiger partial charge in [0.05, 0.1) is 0 Å². The molecule has 0 aliphatic heterocycles. The van der Waals surface area contributed by atoms with Crippen molar-refractivity contribution in [3.8, 4) is 0 Å². The van der Waals surface area contributed by atoms with Gasteiger partial charge < -0.3 is 14.2 Å². The highest BCUT2D eigenvalue weighted by molar-refractivity contribution is 5.71. The van der Waals surface area contributed by atoms with E-state index in [0.717, 1.165) is 83.5 Å². The lowest BCUT2D eigenvalue weighted by atomic mass is 10.0. The van der Waals surface area contributed by atoms with Gasteiger partial charge in [0.1, 0.15) is 13.2 Å². The molecule has 0 aromatic heterocycles. The number of rotatable bonds is 51. The van der Waals surface area contributed by atoms with Gasteiger partial charge in [-0.2, -0.15) is 0 Å². The summed E-state index contributed by atoms with van der Waals surface area (Å²) in [7, 11) is 0. The van der Waals surface area contributed by atoms with Crippen molar-refractivity contribution in [2.45, 2.75) is 303 Å². The second-order valence-electron chi connectivity index (χ2n) is 18.8. The van der Waals surface area contributed by atoms with Crippen molar-refractivity contribution in [3.63, 3.8) is 0 Å². The summed E-state index contributed by atoms with van der Waals surface area (Å²) < 4.78 is 16.7. The highest BCUT2D eigenvalue weighted by Gasteiger charge is 2.19. The van der Waals surface area contributed by atoms with Crippen LogP contribution in [0, 0.1) is 0 Å². The smallest absolute Gasteiger partial charge is 0.306 e. The molecule has 0 aliphatic carbocycles. The Balaban J connectivity index is 4.11. The van der Waals surface area contributed by atoms with E-state index in [9.17, 15) is 14.4 Å². The van der Waals surface area contributed by atoms with Crippen LogP contribution < -0.4 is 0 Å². The lowest BCUT2D eigenvalue weighted by molar-refractivity contribution is -0.167. The Hall–Kier alpha value is -2.37. The van der Waals surface area contributed by atoms with Gasteiger partial charge >= 0.3 is 17.9 Å². The maximum absolute atomic E-state index is 12.7. The van der Waals surface area contributed by atoms with E-state index in [0.29, 0.717) is 19.3 Å². The Labute approximate surface area is 397 Å². The van der Waals surface area contributed by atoms with Crippen LogP contribution in [0.2, 0.25) is 0 Å². The normalized spacial score (nSPS) is 12.2. The molecular formula is C58H106O6. The maximum atomic E-state index is 12.7. The third-order valence-corrected chi connectivity index (χ3v) is 12.4. The van der Waals surface area contributed by atoms with E-state index in [1.807, 2.05) is 0 Å². The second-order valence-corrected chi connectivity index (χ2v) is 18.8. The summed E-state index contributed by atoms with van der Waals surface area (Å²) in [4.78, 5) is 37.9. The number of ether oxygens (including phenoxy) is 3. The van der Waals surface area contributed by atoms with Crippen LogP contribution in [0.15, 0.2) is 36.5 Å². The van der Waals surface area contributed by atoms with Gasteiger partial charge in [-0.1, -0.05) is 263 Å². The zero-order valence-electron chi connectivity index (χ0n) is 42.8. The van der Waals surface area contributed by atoms with Gasteiger partial charge in [0.15, 0.2) is 6.10 Å². The highest BCUT2D eigenvalue weighted by atomic mass is 16.6. The van der Waals surface area contributed by atoms with Crippen LogP contribution in [0.25, 0.3) is 0 Å². The number of hydrogen-bond acceptors (Lipinski definition) is 6. The van der Waals surface area contributed by atoms with E-state index in [1.165, 1.54) is 173 Å². The van der Waals surface area contributed by atoms with Gasteiger partial charge in [-0.25, -0.2) is 0 Å². The van der Waals surface area contributed by atoms with Gasteiger partial charge in [-0.05, 0) is 51.4 Å². The highest BCUT2D eigenvalue weighted by Crippen LogP contribution is 2.17. The summed E-state index contributed by atoms with van der Waals surface area (Å²) in [5, 5.41) is 0. The first-order valence-corrected chi connectivity index (χ1v) is 28.0. The number of carbonyl (C=O) groups is 3. The lowest BCUT2D eigenvalue weighted by Gasteiger charge is -2.18. The van der Waals surface area contributed by atoms with Crippen LogP contribution in [0.3, 0.4) is 0 Å². The number of unbranched alkanes of at least 4 members (excludes halogenated alkanes) is 34. The predicted molar refractivity (Wildman–Crippen MR) is 275 cm³/mol. The predicted octanol–water partition coefficient (Wildman–Crippen LogP) is 18.5. The quantitative estimate of drug-likeness (QED) is 0.0262. The van der Waals surface area contributed by atoms with E-state index >= 15 is 0 Å². The molecule has 1 atom stereocenters. The van der Waals surface area contributed by atoms with Crippen molar-refractivity contribution < 1.29 is 28.6 Å². The van der Waals surface area contributed by atoms with Crippen LogP contribution in [0.4, 0.5) is 0 Å². The molecule has 0 aromatic rings. The topological polar surface area (TPSA) is 78.9 Å². The van der Waals surface area contributed by atoms with Crippen molar-refractivity contribution in [2.24, 2.45) is 0 Å². The first-order valence-electron chi connectivity index (χ1n) is 28.0. The van der Waals surface area contributed by atoms with Gasteiger partial charge in [0, 0.05) is 19.3 Å². The molecule has 0 saturated carbocycles. The average molecular weight is 899 g/mol. The number of hydrogen-bond donors (Lipinski definition) is 0. The molecule has 0 saturated heterocycles. The Kier molecular flexibility index (Phi) is 51.3. The molecule has 64 heavy (non-hydrogen) atoms. The molecule has 6 heteroatoms. The summed E-state index contributed by atoms with van der Waals surface area (Å²) in [6, 6.07) is 0. The van der Waals surface area contributed by atoms with Crippen molar-refractivity contribution in [1.29, 1.82) is 0 Å². The van der Waals surface area contributed by atoms with E-state index in [4.69, 9.17) is 14.2 Å². The Morgan fingerprint density at radius 2 is 0.609 bits per heavy atom. The first kappa shape index (κ1) is 61.6. The van der Waals surface area contributed by atoms with Crippen LogP contribution >= 0.6 is 0 Å². The molecule has 0 fully saturated rings. The largest absolute Gasteiger partial charge is 0.462 e. The Bertz CT molecular complexity index is 1080. The minimum absolute atomic E-state index is 0.0802. The van der Waals surface area contributed by atoms with E-state index in [1.54, 1.807) is 0 Å². The molecular weight excluding hydrogens is 793 g/mol. The fourth-order valence-corrected chi connectivity index (χ4v) is 8.22. The van der Waals surface area contributed by atoms with Gasteiger partial charge in [0.25, 0.3) is 0 Å². The molecule has 0 N–H and O–H groups in total. The van der Waals surface area contributed by atoms with E-state index < -0.39 is 6.10 Å². The van der Waals surface area contributed by atoms with E-state index in [2.05, 4.69) is 57.2 Å². The summed E-state index contributed by atoms with van der Waals surface area (Å²) in [6.07, 6.45) is 63.1. The SMILES string of the molecule is CC/C=C\C/C=C\C/C=C\CCCCCC(=O)OC(COC(=O)CCCCCCCCCC)COC(=O)CCCCCCCCCCCCCCCCCCCCCCCCCCC. The zero-order chi connectivity index (χ0) is 46.5. The number of carbonyl (C=O) groups excluding carboxylic acids is 3. The standard InChI is InChI=1S/C58H106O6/c1-4-7-10-13-16-19-21-23-24-25-26-27-28-29-30-31-32-33-34-36-37-39-42-45-48-51-57(60)63-54-55(53-62-56(59)50-47-44-41-18-15-12-9-6-3)64-58(61)52-49-46-43-40-38-35-22-20-17-14-11-8-5-2/h8,11,17,20,35,38,55H,4-7,9-10,12-16,18-19,21-34,36-37,39-54H2,1-3H3/b11-8-,20-17-,38-35-. The van der Waals surface area contributed by atoms with E-state index in [-0.39, 0.29) is 31.1 Å². The fraction of sp³-hybridized carbons (Fsp3) is 0.845. The molecule has 374 valence electrons. The third-order valence-electron chi connectivity index (χ3n) is 12.4. The van der Waals surface area contributed by atoms with Crippen LogP contribution in [0.1, 0.15) is 297 Å². The second kappa shape index (κ2) is 53.2. The molecule has 0 aromatic carbocycles. The average Bonchev–Trinajstić information content (AvgIpc) is 3.29. The van der Waals surface area contributed by atoms with Gasteiger partial charge in [0.2, 0.25) is 0 Å². The molecule has 0 radical (unpaired) electrons. The maximum Gasteiger partial charge on any atom is 0.306 e. The number of allylic oxidation sites excluding steroid dienone is 6. The number of esters is 3. The molecule has 0 heterocycles. The zero-order valence-corrected chi connectivity index (χ0v) is 42.8. The van der Waals surface area contributed by atoms with Gasteiger partial charge in [-0.3, -0.25) is 14.4 Å². The molecule has 1 unspecified atom stereocenters. The molecule has 6 nitrogen and oxygen atoms in total. The van der Waals surface area contributed by atoms with Crippen molar-refractivity contribution in [3.05, 3.63) is 36.5 Å². The molecule has 0 rings (SSSR count). The summed E-state index contributed by atoms with van der Waals surface area (Å²) in [6.45, 7) is 6.50. The lowest BCUT2D eigenvalue weighted by Crippen LogP contribution is -2.30. The molecule has 0 spiro atoms. The van der Waals surface area contributed by atoms with Crippen molar-refractivity contribution in [1.82, 2.24) is 0 Å². The monoisotopic (exact) mass is 899 g/mol. The Morgan fingerprint density at radius 1 is 0.328 bits per heavy atom. The van der Waals surface area contributed by atoms with Crippen LogP contribution in [0.5, 0.6) is 0 Å². The van der Waals surface area contributed by atoms with Crippen LogP contribution in [-0.4, -0.2) is 37.2 Å². The third kappa shape index (κ3) is 50.6. The van der Waals surface area contributed by atoms with Crippen molar-refractivity contribution >= 4 is 17.9 Å². The molecule has 0 bridgehead atoms. The first-order chi connectivity index (χ1) is 31.5. The molecule has 0 amide bonds. The Morgan fingerprint density at radius 3 is 0.953 bits per heavy atom.